The van der Waals surface area contributed by atoms with Gasteiger partial charge < -0.3 is 31.5 Å². The van der Waals surface area contributed by atoms with Crippen molar-refractivity contribution in [1.29, 1.82) is 0 Å². The number of ether oxygens (including phenoxy) is 1. The van der Waals surface area contributed by atoms with Crippen molar-refractivity contribution in [3.8, 4) is 0 Å². The van der Waals surface area contributed by atoms with Crippen molar-refractivity contribution < 1.29 is 28.3 Å². The maximum atomic E-state index is 11.7. The molecule has 2 saturated heterocycles. The molecule has 13 nitrogen and oxygen atoms in total. The fourth-order valence-corrected chi connectivity index (χ4v) is 4.45. The number of nitrogens with two attached hydrogens (primary N) is 2. The highest BCUT2D eigenvalue weighted by Gasteiger charge is 2.53. The molecule has 4 rings (SSSR count). The summed E-state index contributed by atoms with van der Waals surface area (Å²) in [7, 11) is -4.23. The average molecular weight is 429 g/mol. The quantitative estimate of drug-likeness (QED) is 0.286. The van der Waals surface area contributed by atoms with Crippen LogP contribution in [0.2, 0.25) is 0 Å². The Hall–Kier alpha value is -1.86. The third-order valence-electron chi connectivity index (χ3n) is 4.89. The molecule has 2 unspecified atom stereocenters. The van der Waals surface area contributed by atoms with Gasteiger partial charge in [-0.05, 0) is 19.4 Å². The van der Waals surface area contributed by atoms with Crippen LogP contribution >= 0.6 is 7.82 Å². The fourth-order valence-electron chi connectivity index (χ4n) is 3.49. The summed E-state index contributed by atoms with van der Waals surface area (Å²) in [5, 5.41) is 14.0. The number of imidazole rings is 1. The lowest BCUT2D eigenvalue weighted by atomic mass is 10.1. The van der Waals surface area contributed by atoms with Gasteiger partial charge in [-0.2, -0.15) is 0 Å². The van der Waals surface area contributed by atoms with Crippen molar-refractivity contribution in [3.63, 3.8) is 0 Å². The van der Waals surface area contributed by atoms with Crippen molar-refractivity contribution in [2.75, 3.05) is 30.7 Å². The molecule has 160 valence electrons. The average Bonchev–Trinajstić information content (AvgIpc) is 3.19. The number of hydrogen-bond acceptors (Lipinski definition) is 11. The Bertz CT molecular complexity index is 926. The van der Waals surface area contributed by atoms with E-state index in [-0.39, 0.29) is 12.4 Å². The maximum absolute atomic E-state index is 11.7. The molecule has 2 aromatic heterocycles. The number of aliphatic hydroxyl groups excluding tert-OH is 1. The van der Waals surface area contributed by atoms with Gasteiger partial charge in [-0.3, -0.25) is 13.6 Å². The largest absolute Gasteiger partial charge is 0.472 e. The highest BCUT2D eigenvalue weighted by atomic mass is 31.2. The normalized spacial score (nSPS) is 31.8. The molecule has 14 heteroatoms. The summed E-state index contributed by atoms with van der Waals surface area (Å²) in [6.45, 7) is 1.06. The number of phosphoric acid groups is 1. The zero-order valence-electron chi connectivity index (χ0n) is 15.5. The molecule has 0 spiro atoms. The van der Waals surface area contributed by atoms with Crippen LogP contribution in [-0.4, -0.2) is 67.5 Å². The minimum absolute atomic E-state index is 0.183. The molecule has 0 saturated carbocycles. The first-order valence-corrected chi connectivity index (χ1v) is 10.8. The van der Waals surface area contributed by atoms with Gasteiger partial charge in [-0.25, -0.2) is 19.5 Å². The Labute approximate surface area is 166 Å². The van der Waals surface area contributed by atoms with E-state index in [0.717, 1.165) is 19.3 Å². The van der Waals surface area contributed by atoms with Crippen LogP contribution in [0.4, 0.5) is 11.8 Å². The predicted octanol–water partition coefficient (Wildman–Crippen LogP) is -0.276. The van der Waals surface area contributed by atoms with Crippen LogP contribution in [0.25, 0.3) is 11.2 Å². The Kier molecular flexibility index (Phi) is 5.71. The van der Waals surface area contributed by atoms with E-state index in [2.05, 4.69) is 20.3 Å². The van der Waals surface area contributed by atoms with Crippen LogP contribution in [0.5, 0.6) is 0 Å². The van der Waals surface area contributed by atoms with Crippen molar-refractivity contribution in [3.05, 3.63) is 6.33 Å². The molecule has 5 atom stereocenters. The van der Waals surface area contributed by atoms with Crippen LogP contribution < -0.4 is 16.8 Å². The van der Waals surface area contributed by atoms with E-state index in [1.54, 1.807) is 4.57 Å². The lowest BCUT2D eigenvalue weighted by Crippen LogP contribution is -2.39. The summed E-state index contributed by atoms with van der Waals surface area (Å²) in [6.07, 6.45) is 0.0470. The molecule has 29 heavy (non-hydrogen) atoms. The van der Waals surface area contributed by atoms with Gasteiger partial charge in [0.25, 0.3) is 0 Å². The molecule has 4 heterocycles. The molecule has 2 aromatic rings. The molecule has 0 aromatic carbocycles. The molecule has 0 amide bonds. The number of rotatable bonds is 7. The lowest BCUT2D eigenvalue weighted by molar-refractivity contribution is -0.0659. The van der Waals surface area contributed by atoms with E-state index in [4.69, 9.17) is 25.3 Å². The highest BCUT2D eigenvalue weighted by Crippen LogP contribution is 2.52. The first-order valence-electron chi connectivity index (χ1n) is 9.33. The first-order chi connectivity index (χ1) is 13.9. The minimum Gasteiger partial charge on any atom is -0.386 e. The third kappa shape index (κ3) is 3.94. The van der Waals surface area contributed by atoms with Gasteiger partial charge in [0, 0.05) is 6.54 Å². The number of phosphoric ester groups is 1. The van der Waals surface area contributed by atoms with Crippen LogP contribution in [-0.2, 0) is 18.3 Å². The van der Waals surface area contributed by atoms with Gasteiger partial charge >= 0.3 is 7.82 Å². The standard InChI is InChI=1S/C15H24N7O6P/c16-4-2-1-3-5-18-15-21-9-12(17)19-7-20-13(9)22(15)14-10(23)11-8(27-14)6-26-29(24,25)28-11/h7-8,10-11,14,23H,1-6,16H2,(H,18,21)(H,24,25)(H2,17,19,20)/t8-,10-,11?,14+/m0/s1. The maximum Gasteiger partial charge on any atom is 0.472 e. The van der Waals surface area contributed by atoms with E-state index in [1.807, 2.05) is 0 Å². The van der Waals surface area contributed by atoms with Crippen molar-refractivity contribution in [2.24, 2.45) is 5.73 Å². The molecule has 0 aliphatic carbocycles. The van der Waals surface area contributed by atoms with E-state index in [1.165, 1.54) is 6.33 Å². The number of fused-ring (bicyclic) bond motifs is 2. The second-order valence-corrected chi connectivity index (χ2v) is 8.31. The smallest absolute Gasteiger partial charge is 0.386 e. The van der Waals surface area contributed by atoms with E-state index in [0.29, 0.717) is 30.2 Å². The molecular formula is C15H24N7O6P. The number of nitrogen functional groups attached to an aromatic ring is 1. The molecule has 7 N–H and O–H groups in total. The molecular weight excluding hydrogens is 405 g/mol. The first kappa shape index (κ1) is 20.4. The molecule has 2 aliphatic heterocycles. The molecule has 2 fully saturated rings. The van der Waals surface area contributed by atoms with Crippen molar-refractivity contribution in [1.82, 2.24) is 19.5 Å². The number of nitrogens with zero attached hydrogens (tertiary/aromatic N) is 4. The number of unbranched alkanes of at least 4 members (excludes halogenated alkanes) is 2. The van der Waals surface area contributed by atoms with Crippen LogP contribution in [0, 0.1) is 0 Å². The second-order valence-electron chi connectivity index (χ2n) is 6.90. The molecule has 0 bridgehead atoms. The van der Waals surface area contributed by atoms with Crippen molar-refractivity contribution >= 4 is 30.8 Å². The number of hydrogen-bond donors (Lipinski definition) is 5. The summed E-state index contributed by atoms with van der Waals surface area (Å²) in [5.41, 5.74) is 12.2. The zero-order valence-corrected chi connectivity index (χ0v) is 16.4. The topological polar surface area (TPSA) is 193 Å². The SMILES string of the molecule is NCCCCCNc1nc2c(N)ncnc2n1[C@@H]1O[C@H]2COP(=O)(O)OC2[C@@H]1O. The minimum atomic E-state index is -4.23. The van der Waals surface area contributed by atoms with E-state index < -0.39 is 32.4 Å². The lowest BCUT2D eigenvalue weighted by Gasteiger charge is -2.27. The van der Waals surface area contributed by atoms with Crippen LogP contribution in [0.3, 0.4) is 0 Å². The third-order valence-corrected chi connectivity index (χ3v) is 5.88. The highest BCUT2D eigenvalue weighted by molar-refractivity contribution is 7.47. The summed E-state index contributed by atoms with van der Waals surface area (Å²) in [4.78, 5) is 22.2. The number of aliphatic hydroxyl groups is 1. The summed E-state index contributed by atoms with van der Waals surface area (Å²) in [6, 6.07) is 0. The summed E-state index contributed by atoms with van der Waals surface area (Å²) >= 11 is 0. The summed E-state index contributed by atoms with van der Waals surface area (Å²) in [5.74, 6) is 0.569. The van der Waals surface area contributed by atoms with Gasteiger partial charge in [0.1, 0.15) is 24.6 Å². The Balaban J connectivity index is 1.64. The van der Waals surface area contributed by atoms with E-state index in [9.17, 15) is 14.6 Å². The van der Waals surface area contributed by atoms with Gasteiger partial charge in [-0.15, -0.1) is 0 Å². The van der Waals surface area contributed by atoms with Gasteiger partial charge in [0.15, 0.2) is 23.2 Å². The number of anilines is 2. The van der Waals surface area contributed by atoms with Crippen molar-refractivity contribution in [2.45, 2.75) is 43.8 Å². The van der Waals surface area contributed by atoms with Crippen LogP contribution in [0.1, 0.15) is 25.5 Å². The van der Waals surface area contributed by atoms with Gasteiger partial charge in [0.05, 0.1) is 6.61 Å². The predicted molar refractivity (Wildman–Crippen MR) is 102 cm³/mol. The van der Waals surface area contributed by atoms with Crippen LogP contribution in [0.15, 0.2) is 6.33 Å². The van der Waals surface area contributed by atoms with Gasteiger partial charge in [-0.1, -0.05) is 6.42 Å². The van der Waals surface area contributed by atoms with E-state index >= 15 is 0 Å². The number of aromatic nitrogens is 4. The summed E-state index contributed by atoms with van der Waals surface area (Å²) < 4.78 is 29.0. The Morgan fingerprint density at radius 3 is 2.97 bits per heavy atom. The number of nitrogens with one attached hydrogen (secondary N) is 1. The molecule has 0 radical (unpaired) electrons. The fraction of sp³-hybridized carbons (Fsp3) is 0.667. The molecule has 2 aliphatic rings. The Morgan fingerprint density at radius 2 is 2.17 bits per heavy atom. The van der Waals surface area contributed by atoms with Gasteiger partial charge in [0.2, 0.25) is 5.95 Å². The monoisotopic (exact) mass is 429 g/mol. The second kappa shape index (κ2) is 8.11. The zero-order chi connectivity index (χ0) is 20.6. The Morgan fingerprint density at radius 1 is 1.34 bits per heavy atom.